The number of pyridine rings is 1. The van der Waals surface area contributed by atoms with Crippen molar-refractivity contribution < 1.29 is 0 Å². The number of hydrogen-bond acceptors (Lipinski definition) is 6. The predicted molar refractivity (Wildman–Crippen MR) is 95.8 cm³/mol. The van der Waals surface area contributed by atoms with Crippen LogP contribution in [0.2, 0.25) is 0 Å². The van der Waals surface area contributed by atoms with E-state index in [1.54, 1.807) is 6.20 Å². The van der Waals surface area contributed by atoms with Crippen LogP contribution in [0, 0.1) is 0 Å². The van der Waals surface area contributed by atoms with Gasteiger partial charge in [0.1, 0.15) is 5.65 Å². The van der Waals surface area contributed by atoms with E-state index in [2.05, 4.69) is 49.8 Å². The molecule has 7 nitrogen and oxygen atoms in total. The van der Waals surface area contributed by atoms with Crippen LogP contribution in [-0.4, -0.2) is 57.6 Å². The summed E-state index contributed by atoms with van der Waals surface area (Å²) in [4.78, 5) is 20.9. The van der Waals surface area contributed by atoms with Crippen LogP contribution in [0.3, 0.4) is 0 Å². The van der Waals surface area contributed by atoms with Crippen molar-refractivity contribution in [2.45, 2.75) is 13.0 Å². The van der Waals surface area contributed by atoms with Crippen LogP contribution in [0.4, 0.5) is 11.6 Å². The second kappa shape index (κ2) is 5.76. The van der Waals surface area contributed by atoms with Crippen LogP contribution in [-0.2, 0) is 0 Å². The number of piperazine rings is 1. The Hall–Kier alpha value is -2.67. The SMILES string of the molecule is CC1CN(c2ccnc3[nH]cc(-c4ccnc(N)n4)c23)CCN1C. The van der Waals surface area contributed by atoms with Gasteiger partial charge in [-0.15, -0.1) is 0 Å². The summed E-state index contributed by atoms with van der Waals surface area (Å²) in [5, 5.41) is 1.09. The average Bonchev–Trinajstić information content (AvgIpc) is 3.01. The van der Waals surface area contributed by atoms with Gasteiger partial charge in [-0.05, 0) is 26.1 Å². The number of likely N-dealkylation sites (N-methyl/N-ethyl adjacent to an activating group) is 1. The quantitative estimate of drug-likeness (QED) is 0.747. The monoisotopic (exact) mass is 323 g/mol. The molecule has 0 bridgehead atoms. The second-order valence-electron chi connectivity index (χ2n) is 6.33. The summed E-state index contributed by atoms with van der Waals surface area (Å²) in [6, 6.07) is 4.48. The topological polar surface area (TPSA) is 87.0 Å². The summed E-state index contributed by atoms with van der Waals surface area (Å²) in [6.45, 7) is 5.29. The molecule has 0 radical (unpaired) electrons. The standard InChI is InChI=1S/C17H21N7/c1-11-10-24(8-7-23(11)2)14-4-6-19-16-15(14)12(9-21-16)13-3-5-20-17(18)22-13/h3-6,9,11H,7-8,10H2,1-2H3,(H,19,21)(H2,18,20,22). The van der Waals surface area contributed by atoms with Gasteiger partial charge in [-0.3, -0.25) is 0 Å². The Morgan fingerprint density at radius 3 is 2.83 bits per heavy atom. The molecule has 0 spiro atoms. The minimum absolute atomic E-state index is 0.278. The number of H-pyrrole nitrogens is 1. The zero-order chi connectivity index (χ0) is 16.7. The van der Waals surface area contributed by atoms with Crippen molar-refractivity contribution in [3.63, 3.8) is 0 Å². The van der Waals surface area contributed by atoms with Gasteiger partial charge in [-0.2, -0.15) is 0 Å². The summed E-state index contributed by atoms with van der Waals surface area (Å²) < 4.78 is 0. The van der Waals surface area contributed by atoms with Gasteiger partial charge in [-0.1, -0.05) is 0 Å². The number of hydrogen-bond donors (Lipinski definition) is 2. The average molecular weight is 323 g/mol. The Labute approximate surface area is 140 Å². The van der Waals surface area contributed by atoms with Crippen molar-refractivity contribution in [2.75, 3.05) is 37.3 Å². The highest BCUT2D eigenvalue weighted by Crippen LogP contribution is 2.34. The molecule has 124 valence electrons. The van der Waals surface area contributed by atoms with Crippen LogP contribution in [0.5, 0.6) is 0 Å². The number of nitrogen functional groups attached to an aromatic ring is 1. The molecule has 3 N–H and O–H groups in total. The first-order chi connectivity index (χ1) is 11.6. The van der Waals surface area contributed by atoms with Crippen LogP contribution in [0.25, 0.3) is 22.3 Å². The number of aromatic nitrogens is 4. The van der Waals surface area contributed by atoms with Crippen LogP contribution < -0.4 is 10.6 Å². The number of anilines is 2. The normalized spacial score (nSPS) is 19.1. The van der Waals surface area contributed by atoms with Crippen molar-refractivity contribution in [3.8, 4) is 11.3 Å². The highest BCUT2D eigenvalue weighted by molar-refractivity contribution is 6.02. The highest BCUT2D eigenvalue weighted by atomic mass is 15.3. The van der Waals surface area contributed by atoms with Gasteiger partial charge in [0.2, 0.25) is 5.95 Å². The minimum Gasteiger partial charge on any atom is -0.368 e. The third kappa shape index (κ3) is 2.46. The Morgan fingerprint density at radius 1 is 1.21 bits per heavy atom. The molecule has 3 aromatic rings. The Kier molecular flexibility index (Phi) is 3.57. The van der Waals surface area contributed by atoms with Gasteiger partial charge in [0.25, 0.3) is 0 Å². The molecule has 4 rings (SSSR count). The lowest BCUT2D eigenvalue weighted by atomic mass is 10.1. The Bertz CT molecular complexity index is 872. The van der Waals surface area contributed by atoms with E-state index in [1.165, 1.54) is 5.69 Å². The van der Waals surface area contributed by atoms with E-state index in [0.717, 1.165) is 41.9 Å². The van der Waals surface area contributed by atoms with E-state index in [-0.39, 0.29) is 5.95 Å². The summed E-state index contributed by atoms with van der Waals surface area (Å²) >= 11 is 0. The van der Waals surface area contributed by atoms with Gasteiger partial charge < -0.3 is 20.5 Å². The molecule has 3 aromatic heterocycles. The van der Waals surface area contributed by atoms with E-state index < -0.39 is 0 Å². The molecule has 0 amide bonds. The summed E-state index contributed by atoms with van der Waals surface area (Å²) in [5.74, 6) is 0.278. The van der Waals surface area contributed by atoms with Crippen molar-refractivity contribution in [1.29, 1.82) is 0 Å². The first-order valence-electron chi connectivity index (χ1n) is 8.13. The lowest BCUT2D eigenvalue weighted by molar-refractivity contribution is 0.234. The number of nitrogens with two attached hydrogens (primary N) is 1. The number of fused-ring (bicyclic) bond motifs is 1. The van der Waals surface area contributed by atoms with Crippen molar-refractivity contribution in [2.24, 2.45) is 0 Å². The maximum atomic E-state index is 5.76. The molecule has 24 heavy (non-hydrogen) atoms. The molecule has 1 aliphatic heterocycles. The minimum atomic E-state index is 0.278. The third-order valence-corrected chi connectivity index (χ3v) is 4.80. The summed E-state index contributed by atoms with van der Waals surface area (Å²) in [6.07, 6.45) is 5.49. The van der Waals surface area contributed by atoms with Crippen LogP contribution in [0.1, 0.15) is 6.92 Å². The lowest BCUT2D eigenvalue weighted by Gasteiger charge is -2.39. The first-order valence-corrected chi connectivity index (χ1v) is 8.13. The number of nitrogens with zero attached hydrogens (tertiary/aromatic N) is 5. The summed E-state index contributed by atoms with van der Waals surface area (Å²) in [7, 11) is 2.18. The Balaban J connectivity index is 1.83. The van der Waals surface area contributed by atoms with E-state index in [1.807, 2.05) is 18.5 Å². The van der Waals surface area contributed by atoms with Crippen molar-refractivity contribution in [3.05, 3.63) is 30.7 Å². The van der Waals surface area contributed by atoms with Gasteiger partial charge in [0, 0.05) is 49.8 Å². The molecule has 0 aliphatic carbocycles. The number of rotatable bonds is 2. The van der Waals surface area contributed by atoms with Gasteiger partial charge in [0.15, 0.2) is 0 Å². The Morgan fingerprint density at radius 2 is 2.04 bits per heavy atom. The fourth-order valence-electron chi connectivity index (χ4n) is 3.30. The van der Waals surface area contributed by atoms with Crippen LogP contribution in [0.15, 0.2) is 30.7 Å². The molecular formula is C17H21N7. The maximum absolute atomic E-state index is 5.76. The molecule has 1 aliphatic rings. The van der Waals surface area contributed by atoms with Crippen molar-refractivity contribution >= 4 is 22.7 Å². The molecule has 0 aromatic carbocycles. The largest absolute Gasteiger partial charge is 0.368 e. The first kappa shape index (κ1) is 14.9. The van der Waals surface area contributed by atoms with E-state index in [4.69, 9.17) is 5.73 Å². The smallest absolute Gasteiger partial charge is 0.220 e. The molecule has 4 heterocycles. The van der Waals surface area contributed by atoms with E-state index >= 15 is 0 Å². The molecular weight excluding hydrogens is 302 g/mol. The van der Waals surface area contributed by atoms with Crippen molar-refractivity contribution in [1.82, 2.24) is 24.8 Å². The maximum Gasteiger partial charge on any atom is 0.220 e. The lowest BCUT2D eigenvalue weighted by Crippen LogP contribution is -2.50. The van der Waals surface area contributed by atoms with Crippen LogP contribution >= 0.6 is 0 Å². The fraction of sp³-hybridized carbons (Fsp3) is 0.353. The van der Waals surface area contributed by atoms with Gasteiger partial charge in [0.05, 0.1) is 16.8 Å². The molecule has 7 heteroatoms. The van der Waals surface area contributed by atoms with E-state index in [9.17, 15) is 0 Å². The highest BCUT2D eigenvalue weighted by Gasteiger charge is 2.24. The second-order valence-corrected chi connectivity index (χ2v) is 6.33. The van der Waals surface area contributed by atoms with Gasteiger partial charge >= 0.3 is 0 Å². The summed E-state index contributed by atoms with van der Waals surface area (Å²) in [5.41, 5.74) is 9.63. The third-order valence-electron chi connectivity index (χ3n) is 4.80. The zero-order valence-electron chi connectivity index (χ0n) is 13.9. The predicted octanol–water partition coefficient (Wildman–Crippen LogP) is 1.74. The van der Waals surface area contributed by atoms with E-state index in [0.29, 0.717) is 6.04 Å². The zero-order valence-corrected chi connectivity index (χ0v) is 13.9. The molecule has 0 saturated carbocycles. The molecule has 1 fully saturated rings. The molecule has 1 atom stereocenters. The molecule has 1 saturated heterocycles. The fourth-order valence-corrected chi connectivity index (χ4v) is 3.30. The van der Waals surface area contributed by atoms with Gasteiger partial charge in [-0.25, -0.2) is 15.0 Å². The number of aromatic amines is 1. The molecule has 1 unspecified atom stereocenters. The number of nitrogens with one attached hydrogen (secondary N) is 1.